The summed E-state index contributed by atoms with van der Waals surface area (Å²) in [6.07, 6.45) is 5.34. The van der Waals surface area contributed by atoms with Crippen molar-refractivity contribution in [1.82, 2.24) is 0 Å². The van der Waals surface area contributed by atoms with Gasteiger partial charge in [-0.15, -0.1) is 0 Å². The van der Waals surface area contributed by atoms with Gasteiger partial charge in [-0.25, -0.2) is 0 Å². The first-order valence-corrected chi connectivity index (χ1v) is 8.91. The van der Waals surface area contributed by atoms with E-state index in [-0.39, 0.29) is 12.2 Å². The molecule has 142 valence electrons. The Hall–Kier alpha value is -3.41. The van der Waals surface area contributed by atoms with E-state index in [1.807, 2.05) is 26.0 Å². The molecular weight excluding hydrogens is 360 g/mol. The van der Waals surface area contributed by atoms with Gasteiger partial charge in [-0.1, -0.05) is 0 Å². The van der Waals surface area contributed by atoms with Gasteiger partial charge in [0.2, 0.25) is 12.2 Å². The Kier molecular flexibility index (Phi) is 3.46. The molecule has 0 atom stereocenters. The first-order valence-electron chi connectivity index (χ1n) is 8.91. The fraction of sp³-hybridized carbons (Fsp3) is 0.227. The fourth-order valence-electron chi connectivity index (χ4n) is 3.54. The van der Waals surface area contributed by atoms with Crippen LogP contribution < -0.4 is 24.4 Å². The van der Waals surface area contributed by atoms with Crippen molar-refractivity contribution >= 4 is 17.0 Å². The third-order valence-electron chi connectivity index (χ3n) is 4.95. The highest BCUT2D eigenvalue weighted by Gasteiger charge is 2.26. The molecule has 3 heterocycles. The monoisotopic (exact) mass is 378 g/mol. The predicted octanol–water partition coefficient (Wildman–Crippen LogP) is 4.38. The number of rotatable bonds is 2. The second-order valence-electron chi connectivity index (χ2n) is 7.28. The van der Waals surface area contributed by atoms with Gasteiger partial charge >= 0.3 is 0 Å². The fourth-order valence-corrected chi connectivity index (χ4v) is 3.54. The molecule has 0 saturated carbocycles. The Balaban J connectivity index is 1.72. The van der Waals surface area contributed by atoms with Crippen molar-refractivity contribution in [3.05, 3.63) is 52.4 Å². The summed E-state index contributed by atoms with van der Waals surface area (Å²) in [4.78, 5) is 13.3. The van der Waals surface area contributed by atoms with Crippen molar-refractivity contribution in [3.8, 4) is 34.1 Å². The van der Waals surface area contributed by atoms with Crippen molar-refractivity contribution in [2.75, 3.05) is 13.9 Å². The maximum Gasteiger partial charge on any atom is 0.231 e. The van der Waals surface area contributed by atoms with Gasteiger partial charge in [0.25, 0.3) is 0 Å². The van der Waals surface area contributed by atoms with Crippen molar-refractivity contribution < 1.29 is 23.4 Å². The van der Waals surface area contributed by atoms with Crippen molar-refractivity contribution in [2.45, 2.75) is 19.4 Å². The average Bonchev–Trinajstić information content (AvgIpc) is 3.13. The number of fused-ring (bicyclic) bond motifs is 4. The van der Waals surface area contributed by atoms with Crippen LogP contribution in [-0.2, 0) is 0 Å². The Morgan fingerprint density at radius 3 is 2.61 bits per heavy atom. The van der Waals surface area contributed by atoms with Crippen LogP contribution in [0.15, 0.2) is 45.8 Å². The summed E-state index contributed by atoms with van der Waals surface area (Å²) in [6, 6.07) is 6.99. The predicted molar refractivity (Wildman–Crippen MR) is 104 cm³/mol. The highest BCUT2D eigenvalue weighted by atomic mass is 16.7. The molecule has 0 N–H and O–H groups in total. The summed E-state index contributed by atoms with van der Waals surface area (Å²) in [7, 11) is 1.55. The van der Waals surface area contributed by atoms with Crippen LogP contribution in [0.2, 0.25) is 0 Å². The number of hydrogen-bond donors (Lipinski definition) is 0. The van der Waals surface area contributed by atoms with Gasteiger partial charge < -0.3 is 23.4 Å². The van der Waals surface area contributed by atoms with Gasteiger partial charge in [0, 0.05) is 11.6 Å². The van der Waals surface area contributed by atoms with Crippen LogP contribution in [0.3, 0.4) is 0 Å². The minimum Gasteiger partial charge on any atom is -0.496 e. The van der Waals surface area contributed by atoms with Crippen LogP contribution in [0.1, 0.15) is 19.4 Å². The quantitative estimate of drug-likeness (QED) is 0.659. The van der Waals surface area contributed by atoms with Crippen LogP contribution in [-0.4, -0.2) is 19.5 Å². The highest BCUT2D eigenvalue weighted by Crippen LogP contribution is 2.42. The molecule has 0 spiro atoms. The molecule has 1 aromatic heterocycles. The molecule has 6 nitrogen and oxygen atoms in total. The molecule has 0 saturated heterocycles. The smallest absolute Gasteiger partial charge is 0.231 e. The third kappa shape index (κ3) is 2.45. The van der Waals surface area contributed by atoms with Gasteiger partial charge in [0.1, 0.15) is 28.9 Å². The highest BCUT2D eigenvalue weighted by molar-refractivity contribution is 5.91. The Labute approximate surface area is 160 Å². The maximum absolute atomic E-state index is 13.3. The topological polar surface area (TPSA) is 67.1 Å². The summed E-state index contributed by atoms with van der Waals surface area (Å²) in [5.41, 5.74) is 1.69. The zero-order valence-electron chi connectivity index (χ0n) is 15.7. The van der Waals surface area contributed by atoms with Gasteiger partial charge in [-0.05, 0) is 44.2 Å². The van der Waals surface area contributed by atoms with Gasteiger partial charge in [0.15, 0.2) is 11.5 Å². The SMILES string of the molecule is COc1cc2c(cc1-c1coc3c4c(ccc3c1=O)OC(C)(C)C=C4)OCO2. The normalized spacial score (nSPS) is 16.0. The zero-order valence-corrected chi connectivity index (χ0v) is 15.7. The Bertz CT molecular complexity index is 1200. The second-order valence-corrected chi connectivity index (χ2v) is 7.28. The first kappa shape index (κ1) is 16.7. The van der Waals surface area contributed by atoms with E-state index < -0.39 is 5.60 Å². The maximum atomic E-state index is 13.3. The molecule has 0 bridgehead atoms. The van der Waals surface area contributed by atoms with Gasteiger partial charge in [-0.2, -0.15) is 0 Å². The Morgan fingerprint density at radius 1 is 1.04 bits per heavy atom. The van der Waals surface area contributed by atoms with E-state index in [1.165, 1.54) is 6.26 Å². The molecule has 0 aliphatic carbocycles. The summed E-state index contributed by atoms with van der Waals surface area (Å²) in [5, 5.41) is 0.476. The van der Waals surface area contributed by atoms with Gasteiger partial charge in [-0.3, -0.25) is 4.79 Å². The van der Waals surface area contributed by atoms with E-state index in [9.17, 15) is 4.79 Å². The summed E-state index contributed by atoms with van der Waals surface area (Å²) in [5.74, 6) is 2.36. The molecule has 2 aliphatic rings. The van der Waals surface area contributed by atoms with E-state index >= 15 is 0 Å². The molecule has 2 aliphatic heterocycles. The molecule has 0 unspecified atom stereocenters. The lowest BCUT2D eigenvalue weighted by molar-refractivity contribution is 0.159. The Morgan fingerprint density at radius 2 is 1.82 bits per heavy atom. The van der Waals surface area contributed by atoms with E-state index in [4.69, 9.17) is 23.4 Å². The largest absolute Gasteiger partial charge is 0.496 e. The lowest BCUT2D eigenvalue weighted by Crippen LogP contribution is -2.27. The molecule has 6 heteroatoms. The number of benzene rings is 2. The lowest BCUT2D eigenvalue weighted by Gasteiger charge is -2.27. The molecule has 5 rings (SSSR count). The molecular formula is C22H18O6. The number of hydrogen-bond acceptors (Lipinski definition) is 6. The van der Waals surface area contributed by atoms with E-state index in [2.05, 4.69) is 0 Å². The van der Waals surface area contributed by atoms with Crippen LogP contribution >= 0.6 is 0 Å². The summed E-state index contributed by atoms with van der Waals surface area (Å²) >= 11 is 0. The number of methoxy groups -OCH3 is 1. The van der Waals surface area contributed by atoms with E-state index in [0.29, 0.717) is 45.1 Å². The zero-order chi connectivity index (χ0) is 19.5. The van der Waals surface area contributed by atoms with Crippen molar-refractivity contribution in [3.63, 3.8) is 0 Å². The average molecular weight is 378 g/mol. The lowest BCUT2D eigenvalue weighted by atomic mass is 9.99. The molecule has 0 amide bonds. The molecule has 2 aromatic carbocycles. The van der Waals surface area contributed by atoms with E-state index in [0.717, 1.165) is 5.56 Å². The third-order valence-corrected chi connectivity index (χ3v) is 4.95. The van der Waals surface area contributed by atoms with Crippen molar-refractivity contribution in [2.24, 2.45) is 0 Å². The van der Waals surface area contributed by atoms with Gasteiger partial charge in [0.05, 0.1) is 23.6 Å². The second kappa shape index (κ2) is 5.79. The molecule has 28 heavy (non-hydrogen) atoms. The molecule has 3 aromatic rings. The van der Waals surface area contributed by atoms with Crippen LogP contribution in [0.25, 0.3) is 28.2 Å². The van der Waals surface area contributed by atoms with Crippen molar-refractivity contribution in [1.29, 1.82) is 0 Å². The molecule has 0 radical (unpaired) electrons. The number of ether oxygens (including phenoxy) is 4. The van der Waals surface area contributed by atoms with Crippen LogP contribution in [0, 0.1) is 0 Å². The minimum absolute atomic E-state index is 0.142. The van der Waals surface area contributed by atoms with Crippen LogP contribution in [0.4, 0.5) is 0 Å². The molecule has 0 fully saturated rings. The first-order chi connectivity index (χ1) is 13.5. The summed E-state index contributed by atoms with van der Waals surface area (Å²) in [6.45, 7) is 4.09. The van der Waals surface area contributed by atoms with Crippen LogP contribution in [0.5, 0.6) is 23.0 Å². The standard InChI is InChI=1S/C22H18O6/c1-22(2)7-6-12-16(28-22)5-4-13-20(23)15(10-25-21(12)13)14-8-18-19(27-11-26-18)9-17(14)24-3/h4-10H,11H2,1-3H3. The minimum atomic E-state index is -0.402. The van der Waals surface area contributed by atoms with E-state index in [1.54, 1.807) is 31.4 Å². The summed E-state index contributed by atoms with van der Waals surface area (Å²) < 4.78 is 28.2.